The molecule has 0 unspecified atom stereocenters. The van der Waals surface area contributed by atoms with Crippen LogP contribution >= 0.6 is 11.3 Å². The quantitative estimate of drug-likeness (QED) is 0.356. The maximum absolute atomic E-state index is 14.2. The summed E-state index contributed by atoms with van der Waals surface area (Å²) in [5.41, 5.74) is 3.04. The predicted molar refractivity (Wildman–Crippen MR) is 101 cm³/mol. The van der Waals surface area contributed by atoms with Crippen molar-refractivity contribution in [2.24, 2.45) is 0 Å². The summed E-state index contributed by atoms with van der Waals surface area (Å²) in [5.74, 6) is -1.14. The number of nitrogens with zero attached hydrogens (tertiary/aromatic N) is 1. The second-order valence-electron chi connectivity index (χ2n) is 5.62. The lowest BCUT2D eigenvalue weighted by Crippen LogP contribution is -2.29. The minimum Gasteiger partial charge on any atom is -0.394 e. The lowest BCUT2D eigenvalue weighted by molar-refractivity contribution is -0.0293. The van der Waals surface area contributed by atoms with Gasteiger partial charge >= 0.3 is 0 Å². The van der Waals surface area contributed by atoms with Gasteiger partial charge in [-0.05, 0) is 18.2 Å². The average Bonchev–Trinajstić information content (AvgIpc) is 3.02. The molecule has 0 aliphatic carbocycles. The van der Waals surface area contributed by atoms with Crippen LogP contribution in [-0.2, 0) is 4.84 Å². The molecule has 138 valence electrons. The minimum absolute atomic E-state index is 0.159. The zero-order valence-corrected chi connectivity index (χ0v) is 14.8. The second-order valence-corrected chi connectivity index (χ2v) is 6.67. The smallest absolute Gasteiger partial charge is 0.287 e. The molecule has 2 heterocycles. The van der Waals surface area contributed by atoms with Gasteiger partial charge in [0.15, 0.2) is 0 Å². The van der Waals surface area contributed by atoms with Gasteiger partial charge in [-0.25, -0.2) is 9.87 Å². The van der Waals surface area contributed by atoms with Crippen molar-refractivity contribution in [1.82, 2.24) is 10.5 Å². The number of hydrogen-bond donors (Lipinski definition) is 4. The van der Waals surface area contributed by atoms with Crippen LogP contribution in [0.4, 0.5) is 15.8 Å². The molecule has 0 saturated carbocycles. The highest BCUT2D eigenvalue weighted by Gasteiger charge is 2.20. The number of thiophene rings is 1. The van der Waals surface area contributed by atoms with Gasteiger partial charge in [-0.2, -0.15) is 0 Å². The molecule has 0 aliphatic heterocycles. The standard InChI is InChI=1S/C17H15BFN3O4S/c18-9-1-2-13(12(19)5-9)21-15-11-3-4-20-6-14(11)27-16(15)17(25)22-26-8-10(24)7-23/h1-6,10,21,23-24H,7-8H2,(H,22,25)/t10-/m1/s1. The summed E-state index contributed by atoms with van der Waals surface area (Å²) in [7, 11) is 5.57. The summed E-state index contributed by atoms with van der Waals surface area (Å²) in [5, 5.41) is 21.6. The first kappa shape index (κ1) is 19.2. The van der Waals surface area contributed by atoms with E-state index in [1.165, 1.54) is 12.1 Å². The highest BCUT2D eigenvalue weighted by atomic mass is 32.1. The van der Waals surface area contributed by atoms with E-state index in [1.54, 1.807) is 24.5 Å². The number of hydroxylamine groups is 1. The molecule has 1 atom stereocenters. The summed E-state index contributed by atoms with van der Waals surface area (Å²) >= 11 is 1.15. The van der Waals surface area contributed by atoms with Crippen molar-refractivity contribution in [3.05, 3.63) is 47.4 Å². The van der Waals surface area contributed by atoms with Crippen molar-refractivity contribution in [1.29, 1.82) is 0 Å². The van der Waals surface area contributed by atoms with Crippen LogP contribution in [-0.4, -0.2) is 48.3 Å². The Morgan fingerprint density at radius 3 is 2.96 bits per heavy atom. The van der Waals surface area contributed by atoms with Crippen LogP contribution in [0.15, 0.2) is 36.7 Å². The van der Waals surface area contributed by atoms with Crippen LogP contribution in [0.25, 0.3) is 10.1 Å². The minimum atomic E-state index is -1.11. The van der Waals surface area contributed by atoms with Gasteiger partial charge in [-0.15, -0.1) is 11.3 Å². The van der Waals surface area contributed by atoms with Gasteiger partial charge in [0, 0.05) is 17.8 Å². The van der Waals surface area contributed by atoms with E-state index in [-0.39, 0.29) is 22.6 Å². The van der Waals surface area contributed by atoms with E-state index in [9.17, 15) is 14.3 Å². The zero-order valence-electron chi connectivity index (χ0n) is 14.0. The number of nitrogens with one attached hydrogen (secondary N) is 2. The summed E-state index contributed by atoms with van der Waals surface area (Å²) in [6, 6.07) is 5.90. The normalized spacial score (nSPS) is 12.1. The number of aromatic nitrogens is 1. The number of anilines is 2. The molecule has 3 rings (SSSR count). The molecule has 2 aromatic heterocycles. The van der Waals surface area contributed by atoms with Crippen molar-refractivity contribution in [3.8, 4) is 0 Å². The van der Waals surface area contributed by atoms with E-state index in [2.05, 4.69) is 15.8 Å². The summed E-state index contributed by atoms with van der Waals surface area (Å²) in [4.78, 5) is 21.7. The Morgan fingerprint density at radius 2 is 2.22 bits per heavy atom. The number of fused-ring (bicyclic) bond motifs is 1. The number of aliphatic hydroxyl groups excluding tert-OH is 2. The number of benzene rings is 1. The van der Waals surface area contributed by atoms with Crippen molar-refractivity contribution >= 4 is 52.0 Å². The highest BCUT2D eigenvalue weighted by Crippen LogP contribution is 2.37. The summed E-state index contributed by atoms with van der Waals surface area (Å²) in [6.45, 7) is -0.766. The van der Waals surface area contributed by atoms with Crippen LogP contribution in [0.3, 0.4) is 0 Å². The predicted octanol–water partition coefficient (Wildman–Crippen LogP) is 0.987. The van der Waals surface area contributed by atoms with Crippen molar-refractivity contribution in [2.45, 2.75) is 6.10 Å². The number of amides is 1. The molecule has 1 amide bonds. The van der Waals surface area contributed by atoms with Crippen LogP contribution < -0.4 is 16.3 Å². The number of hydrogen-bond acceptors (Lipinski definition) is 7. The Labute approximate surface area is 159 Å². The highest BCUT2D eigenvalue weighted by molar-refractivity contribution is 7.21. The summed E-state index contributed by atoms with van der Waals surface area (Å²) in [6.07, 6.45) is 2.05. The van der Waals surface area contributed by atoms with Gasteiger partial charge in [0.05, 0.1) is 22.7 Å². The second kappa shape index (κ2) is 8.44. The van der Waals surface area contributed by atoms with Crippen LogP contribution in [0, 0.1) is 5.82 Å². The van der Waals surface area contributed by atoms with Crippen molar-refractivity contribution in [3.63, 3.8) is 0 Å². The van der Waals surface area contributed by atoms with Crippen LogP contribution in [0.5, 0.6) is 0 Å². The van der Waals surface area contributed by atoms with Gasteiger partial charge in [0.1, 0.15) is 31.3 Å². The van der Waals surface area contributed by atoms with Gasteiger partial charge in [0.2, 0.25) is 0 Å². The molecule has 27 heavy (non-hydrogen) atoms. The average molecular weight is 387 g/mol. The first-order chi connectivity index (χ1) is 13.0. The third-order valence-electron chi connectivity index (χ3n) is 3.60. The number of halogens is 1. The maximum Gasteiger partial charge on any atom is 0.287 e. The third-order valence-corrected chi connectivity index (χ3v) is 4.74. The molecule has 7 nitrogen and oxygen atoms in total. The van der Waals surface area contributed by atoms with E-state index < -0.39 is 24.4 Å². The Balaban J connectivity index is 1.90. The molecule has 3 aromatic rings. The number of aliphatic hydroxyl groups is 2. The molecule has 2 radical (unpaired) electrons. The largest absolute Gasteiger partial charge is 0.394 e. The molecule has 0 fully saturated rings. The van der Waals surface area contributed by atoms with Gasteiger partial charge in [-0.1, -0.05) is 11.5 Å². The molecule has 0 saturated heterocycles. The Hall–Kier alpha value is -2.53. The van der Waals surface area contributed by atoms with E-state index in [0.29, 0.717) is 11.1 Å². The summed E-state index contributed by atoms with van der Waals surface area (Å²) < 4.78 is 14.9. The van der Waals surface area contributed by atoms with E-state index in [4.69, 9.17) is 17.8 Å². The van der Waals surface area contributed by atoms with Crippen molar-refractivity contribution < 1.29 is 24.2 Å². The molecule has 1 aromatic carbocycles. The van der Waals surface area contributed by atoms with Gasteiger partial charge in [0.25, 0.3) is 5.91 Å². The third kappa shape index (κ3) is 4.42. The van der Waals surface area contributed by atoms with Crippen LogP contribution in [0.2, 0.25) is 0 Å². The first-order valence-corrected chi connectivity index (χ1v) is 8.71. The van der Waals surface area contributed by atoms with E-state index >= 15 is 0 Å². The number of pyridine rings is 1. The number of rotatable bonds is 7. The zero-order chi connectivity index (χ0) is 19.4. The fourth-order valence-corrected chi connectivity index (χ4v) is 3.32. The fourth-order valence-electron chi connectivity index (χ4n) is 2.30. The SMILES string of the molecule is [B]c1ccc(Nc2c(C(=O)NOC[C@H](O)CO)sc3cnccc23)c(F)c1. The Bertz CT molecular complexity index is 969. The molecule has 0 aliphatic rings. The molecule has 0 spiro atoms. The molecule has 0 bridgehead atoms. The number of carbonyl (C=O) groups excluding carboxylic acids is 1. The molecule has 4 N–H and O–H groups in total. The Morgan fingerprint density at radius 1 is 1.41 bits per heavy atom. The van der Waals surface area contributed by atoms with Gasteiger partial charge in [-0.3, -0.25) is 14.6 Å². The lowest BCUT2D eigenvalue weighted by atomic mass is 9.96. The van der Waals surface area contributed by atoms with Gasteiger partial charge < -0.3 is 15.5 Å². The molecule has 10 heteroatoms. The monoisotopic (exact) mass is 387 g/mol. The van der Waals surface area contributed by atoms with E-state index in [0.717, 1.165) is 16.0 Å². The molecular formula is C17H15BFN3O4S. The Kier molecular flexibility index (Phi) is 6.02. The van der Waals surface area contributed by atoms with Crippen molar-refractivity contribution in [2.75, 3.05) is 18.5 Å². The topological polar surface area (TPSA) is 104 Å². The number of carbonyl (C=O) groups is 1. The first-order valence-electron chi connectivity index (χ1n) is 7.89. The van der Waals surface area contributed by atoms with E-state index in [1.807, 2.05) is 0 Å². The maximum atomic E-state index is 14.2. The van der Waals surface area contributed by atoms with Crippen LogP contribution in [0.1, 0.15) is 9.67 Å². The fraction of sp³-hybridized carbons (Fsp3) is 0.176. The lowest BCUT2D eigenvalue weighted by Gasteiger charge is -2.11. The molecular weight excluding hydrogens is 372 g/mol.